The van der Waals surface area contributed by atoms with Gasteiger partial charge in [0.15, 0.2) is 6.29 Å². The lowest BCUT2D eigenvalue weighted by Gasteiger charge is -2.40. The second-order valence-corrected chi connectivity index (χ2v) is 3.83. The van der Waals surface area contributed by atoms with Gasteiger partial charge in [-0.25, -0.2) is 0 Å². The van der Waals surface area contributed by atoms with E-state index in [0.29, 0.717) is 0 Å². The van der Waals surface area contributed by atoms with Crippen molar-refractivity contribution in [3.8, 4) is 0 Å². The number of aliphatic hydroxyl groups is 5. The molecule has 7 heteroatoms. The van der Waals surface area contributed by atoms with Crippen LogP contribution in [0.2, 0.25) is 0 Å². The lowest BCUT2D eigenvalue weighted by Crippen LogP contribution is -2.59. The van der Waals surface area contributed by atoms with Gasteiger partial charge in [0.1, 0.15) is 24.4 Å². The molecular formula is C9H18O7. The van der Waals surface area contributed by atoms with Gasteiger partial charge in [-0.1, -0.05) is 0 Å². The van der Waals surface area contributed by atoms with Gasteiger partial charge in [-0.3, -0.25) is 0 Å². The van der Waals surface area contributed by atoms with Crippen molar-refractivity contribution in [2.45, 2.75) is 43.7 Å². The van der Waals surface area contributed by atoms with Gasteiger partial charge >= 0.3 is 0 Å². The third kappa shape index (κ3) is 2.89. The van der Waals surface area contributed by atoms with Gasteiger partial charge in [-0.15, -0.1) is 0 Å². The van der Waals surface area contributed by atoms with Crippen LogP contribution in [0.1, 0.15) is 6.92 Å². The Morgan fingerprint density at radius 3 is 2.25 bits per heavy atom. The summed E-state index contributed by atoms with van der Waals surface area (Å²) in [4.78, 5) is 0. The Balaban J connectivity index is 2.63. The molecule has 1 heterocycles. The molecule has 0 amide bonds. The molecule has 1 saturated heterocycles. The average molecular weight is 238 g/mol. The summed E-state index contributed by atoms with van der Waals surface area (Å²) < 4.78 is 10.2. The second kappa shape index (κ2) is 5.87. The lowest BCUT2D eigenvalue weighted by molar-refractivity contribution is -0.311. The van der Waals surface area contributed by atoms with E-state index >= 15 is 0 Å². The minimum atomic E-state index is -1.46. The summed E-state index contributed by atoms with van der Waals surface area (Å²) in [6.45, 7) is 0.786. The van der Waals surface area contributed by atoms with Crippen molar-refractivity contribution in [1.29, 1.82) is 0 Å². The molecule has 16 heavy (non-hydrogen) atoms. The molecule has 5 N–H and O–H groups in total. The van der Waals surface area contributed by atoms with Gasteiger partial charge in [0.2, 0.25) is 0 Å². The Bertz CT molecular complexity index is 210. The largest absolute Gasteiger partial charge is 0.394 e. The van der Waals surface area contributed by atoms with Crippen molar-refractivity contribution in [3.05, 3.63) is 0 Å². The number of hydrogen-bond donors (Lipinski definition) is 5. The zero-order valence-corrected chi connectivity index (χ0v) is 8.93. The summed E-state index contributed by atoms with van der Waals surface area (Å²) >= 11 is 0. The standard InChI is InChI=1S/C9H18O7/c1-4(2-10)15-9-8(14)7(13)6(12)5(3-11)16-9/h4-14H,2-3H2,1H3/t4-,5?,6-,7-,8?,9+/m0/s1. The van der Waals surface area contributed by atoms with Crippen molar-refractivity contribution in [2.75, 3.05) is 13.2 Å². The fraction of sp³-hybridized carbons (Fsp3) is 1.00. The first-order chi connectivity index (χ1) is 7.51. The summed E-state index contributed by atoms with van der Waals surface area (Å²) in [6, 6.07) is 0. The quantitative estimate of drug-likeness (QED) is 0.358. The zero-order valence-electron chi connectivity index (χ0n) is 8.93. The van der Waals surface area contributed by atoms with Crippen molar-refractivity contribution in [2.24, 2.45) is 0 Å². The van der Waals surface area contributed by atoms with Gasteiger partial charge in [-0.2, -0.15) is 0 Å². The predicted octanol–water partition coefficient (Wildman–Crippen LogP) is -2.82. The third-order valence-corrected chi connectivity index (χ3v) is 2.47. The highest BCUT2D eigenvalue weighted by atomic mass is 16.7. The molecule has 0 aromatic heterocycles. The molecule has 1 aliphatic rings. The Morgan fingerprint density at radius 2 is 1.75 bits per heavy atom. The van der Waals surface area contributed by atoms with Crippen LogP contribution < -0.4 is 0 Å². The molecular weight excluding hydrogens is 220 g/mol. The molecule has 96 valence electrons. The SMILES string of the molecule is C[C@@H](CO)O[C@@H]1OC(CO)[C@H](O)[C@H](O)C1O. The van der Waals surface area contributed by atoms with E-state index in [-0.39, 0.29) is 6.61 Å². The fourth-order valence-corrected chi connectivity index (χ4v) is 1.45. The van der Waals surface area contributed by atoms with Crippen LogP contribution >= 0.6 is 0 Å². The molecule has 0 bridgehead atoms. The number of ether oxygens (including phenoxy) is 2. The average Bonchev–Trinajstić information content (AvgIpc) is 2.29. The van der Waals surface area contributed by atoms with Crippen LogP contribution in [-0.4, -0.2) is 75.6 Å². The molecule has 0 radical (unpaired) electrons. The Morgan fingerprint density at radius 1 is 1.12 bits per heavy atom. The smallest absolute Gasteiger partial charge is 0.187 e. The highest BCUT2D eigenvalue weighted by molar-refractivity contribution is 4.89. The molecule has 0 aliphatic carbocycles. The Labute approximate surface area is 92.9 Å². The topological polar surface area (TPSA) is 120 Å². The molecule has 0 aromatic carbocycles. The normalized spacial score (nSPS) is 42.0. The highest BCUT2D eigenvalue weighted by Crippen LogP contribution is 2.22. The first-order valence-corrected chi connectivity index (χ1v) is 5.08. The first kappa shape index (κ1) is 13.8. The minimum absolute atomic E-state index is 0.269. The minimum Gasteiger partial charge on any atom is -0.394 e. The molecule has 1 fully saturated rings. The lowest BCUT2D eigenvalue weighted by atomic mass is 9.99. The van der Waals surface area contributed by atoms with Crippen LogP contribution in [0.3, 0.4) is 0 Å². The summed E-state index contributed by atoms with van der Waals surface area (Å²) in [5.74, 6) is 0. The van der Waals surface area contributed by atoms with Crippen LogP contribution in [0, 0.1) is 0 Å². The van der Waals surface area contributed by atoms with Crippen molar-refractivity contribution in [3.63, 3.8) is 0 Å². The van der Waals surface area contributed by atoms with Crippen LogP contribution in [0.5, 0.6) is 0 Å². The van der Waals surface area contributed by atoms with E-state index in [1.54, 1.807) is 6.92 Å². The van der Waals surface area contributed by atoms with E-state index < -0.39 is 43.4 Å². The van der Waals surface area contributed by atoms with Crippen LogP contribution in [-0.2, 0) is 9.47 Å². The monoisotopic (exact) mass is 238 g/mol. The van der Waals surface area contributed by atoms with Crippen molar-refractivity contribution >= 4 is 0 Å². The summed E-state index contributed by atoms with van der Waals surface area (Å²) in [7, 11) is 0. The highest BCUT2D eigenvalue weighted by Gasteiger charge is 2.44. The number of aliphatic hydroxyl groups excluding tert-OH is 5. The Hall–Kier alpha value is -0.280. The maximum absolute atomic E-state index is 9.54. The summed E-state index contributed by atoms with van der Waals surface area (Å²) in [6.07, 6.45) is -7.04. The number of rotatable bonds is 4. The first-order valence-electron chi connectivity index (χ1n) is 5.08. The molecule has 2 unspecified atom stereocenters. The second-order valence-electron chi connectivity index (χ2n) is 3.83. The van der Waals surface area contributed by atoms with Crippen LogP contribution in [0.4, 0.5) is 0 Å². The number of hydrogen-bond acceptors (Lipinski definition) is 7. The fourth-order valence-electron chi connectivity index (χ4n) is 1.45. The van der Waals surface area contributed by atoms with Crippen molar-refractivity contribution < 1.29 is 35.0 Å². The molecule has 7 nitrogen and oxygen atoms in total. The molecule has 1 aliphatic heterocycles. The zero-order chi connectivity index (χ0) is 12.3. The van der Waals surface area contributed by atoms with Crippen LogP contribution in [0.15, 0.2) is 0 Å². The Kier molecular flexibility index (Phi) is 5.06. The van der Waals surface area contributed by atoms with E-state index in [0.717, 1.165) is 0 Å². The van der Waals surface area contributed by atoms with Gasteiger partial charge in [0.05, 0.1) is 19.3 Å². The predicted molar refractivity (Wildman–Crippen MR) is 51.4 cm³/mol. The summed E-state index contributed by atoms with van der Waals surface area (Å²) in [5, 5.41) is 46.1. The van der Waals surface area contributed by atoms with E-state index in [1.807, 2.05) is 0 Å². The van der Waals surface area contributed by atoms with E-state index in [1.165, 1.54) is 0 Å². The molecule has 0 saturated carbocycles. The van der Waals surface area contributed by atoms with E-state index in [2.05, 4.69) is 0 Å². The van der Waals surface area contributed by atoms with Gasteiger partial charge in [-0.05, 0) is 6.92 Å². The van der Waals surface area contributed by atoms with Gasteiger partial charge in [0.25, 0.3) is 0 Å². The molecule has 0 spiro atoms. The van der Waals surface area contributed by atoms with Gasteiger partial charge < -0.3 is 35.0 Å². The van der Waals surface area contributed by atoms with E-state index in [9.17, 15) is 15.3 Å². The molecule has 0 aromatic rings. The van der Waals surface area contributed by atoms with Crippen molar-refractivity contribution in [1.82, 2.24) is 0 Å². The summed E-state index contributed by atoms with van der Waals surface area (Å²) in [5.41, 5.74) is 0. The molecule has 6 atom stereocenters. The van der Waals surface area contributed by atoms with Gasteiger partial charge in [0, 0.05) is 0 Å². The van der Waals surface area contributed by atoms with Crippen LogP contribution in [0.25, 0.3) is 0 Å². The maximum Gasteiger partial charge on any atom is 0.187 e. The maximum atomic E-state index is 9.54. The third-order valence-electron chi connectivity index (χ3n) is 2.47. The van der Waals surface area contributed by atoms with E-state index in [4.69, 9.17) is 19.7 Å². The molecule has 1 rings (SSSR count).